The summed E-state index contributed by atoms with van der Waals surface area (Å²) in [4.78, 5) is 29.0. The molecule has 8 nitrogen and oxygen atoms in total. The van der Waals surface area contributed by atoms with Crippen LogP contribution >= 0.6 is 0 Å². The lowest BCUT2D eigenvalue weighted by molar-refractivity contribution is -0.137. The van der Waals surface area contributed by atoms with Crippen molar-refractivity contribution in [3.8, 4) is 5.75 Å². The van der Waals surface area contributed by atoms with Crippen molar-refractivity contribution in [1.82, 2.24) is 9.21 Å². The summed E-state index contributed by atoms with van der Waals surface area (Å²) >= 11 is 0. The summed E-state index contributed by atoms with van der Waals surface area (Å²) < 4.78 is 30.2. The summed E-state index contributed by atoms with van der Waals surface area (Å²) in [6.07, 6.45) is 2.58. The zero-order chi connectivity index (χ0) is 21.3. The Labute approximate surface area is 172 Å². The molecular weight excluding hydrogens is 394 g/mol. The van der Waals surface area contributed by atoms with E-state index >= 15 is 0 Å². The van der Waals surface area contributed by atoms with Crippen LogP contribution in [0.3, 0.4) is 0 Å². The molecule has 0 N–H and O–H groups in total. The van der Waals surface area contributed by atoms with Crippen molar-refractivity contribution in [2.75, 3.05) is 44.9 Å². The fraction of sp³-hybridized carbons (Fsp3) is 0.600. The Bertz CT molecular complexity index is 893. The minimum Gasteiger partial charge on any atom is -0.495 e. The van der Waals surface area contributed by atoms with Crippen LogP contribution in [0.4, 0.5) is 5.69 Å². The van der Waals surface area contributed by atoms with Crippen LogP contribution in [0.1, 0.15) is 24.8 Å². The molecular formula is C20H29N3O5S. The number of piperidine rings is 1. The topological polar surface area (TPSA) is 87.2 Å². The smallest absolute Gasteiger partial charge is 0.228 e. The molecule has 1 aromatic rings. The largest absolute Gasteiger partial charge is 0.495 e. The molecule has 160 valence electrons. The maximum absolute atomic E-state index is 13.0. The number of anilines is 1. The summed E-state index contributed by atoms with van der Waals surface area (Å²) in [6.45, 7) is 3.29. The fourth-order valence-electron chi connectivity index (χ4n) is 4.10. The maximum Gasteiger partial charge on any atom is 0.228 e. The number of sulfonamides is 1. The number of methoxy groups -OCH3 is 1. The molecule has 3 rings (SSSR count). The first kappa shape index (κ1) is 21.6. The van der Waals surface area contributed by atoms with Gasteiger partial charge in [0.1, 0.15) is 5.75 Å². The van der Waals surface area contributed by atoms with Gasteiger partial charge >= 0.3 is 0 Å². The number of amides is 2. The van der Waals surface area contributed by atoms with Crippen LogP contribution in [0, 0.1) is 12.8 Å². The van der Waals surface area contributed by atoms with Crippen LogP contribution in [-0.4, -0.2) is 75.5 Å². The molecule has 0 saturated carbocycles. The minimum absolute atomic E-state index is 0.0343. The number of carbonyl (C=O) groups is 2. The van der Waals surface area contributed by atoms with Gasteiger partial charge in [-0.3, -0.25) is 9.59 Å². The summed E-state index contributed by atoms with van der Waals surface area (Å²) in [5, 5.41) is 0. The van der Waals surface area contributed by atoms with E-state index in [0.717, 1.165) is 5.56 Å². The van der Waals surface area contributed by atoms with Gasteiger partial charge in [-0.15, -0.1) is 0 Å². The molecule has 2 aliphatic rings. The first-order chi connectivity index (χ1) is 13.6. The third-order valence-electron chi connectivity index (χ3n) is 5.91. The summed E-state index contributed by atoms with van der Waals surface area (Å²) in [5.74, 6) is 0.102. The Kier molecular flexibility index (Phi) is 6.19. The molecule has 2 saturated heterocycles. The number of rotatable bonds is 5. The monoisotopic (exact) mass is 423 g/mol. The fourth-order valence-corrected chi connectivity index (χ4v) is 4.85. The van der Waals surface area contributed by atoms with Gasteiger partial charge in [0.05, 0.1) is 25.0 Å². The first-order valence-electron chi connectivity index (χ1n) is 9.78. The zero-order valence-corrected chi connectivity index (χ0v) is 18.2. The van der Waals surface area contributed by atoms with Crippen LogP contribution in [0.15, 0.2) is 18.2 Å². The highest BCUT2D eigenvalue weighted by molar-refractivity contribution is 7.88. The van der Waals surface area contributed by atoms with Crippen LogP contribution in [0.25, 0.3) is 0 Å². The van der Waals surface area contributed by atoms with Gasteiger partial charge in [-0.2, -0.15) is 0 Å². The van der Waals surface area contributed by atoms with Crippen molar-refractivity contribution < 1.29 is 22.7 Å². The third-order valence-corrected chi connectivity index (χ3v) is 7.26. The number of likely N-dealkylation sites (tertiary alicyclic amines) is 1. The SMILES string of the molecule is COc1ccc(C)cc1N1C[C@@H](C(=O)N2CCC(N(C)S(C)(=O)=O)CC2)CC1=O. The summed E-state index contributed by atoms with van der Waals surface area (Å²) in [5.41, 5.74) is 1.71. The summed E-state index contributed by atoms with van der Waals surface area (Å²) in [6, 6.07) is 5.56. The van der Waals surface area contributed by atoms with Crippen molar-refractivity contribution in [3.63, 3.8) is 0 Å². The third kappa shape index (κ3) is 4.56. The van der Waals surface area contributed by atoms with Gasteiger partial charge in [-0.1, -0.05) is 6.07 Å². The lowest BCUT2D eigenvalue weighted by atomic mass is 10.0. The molecule has 9 heteroatoms. The van der Waals surface area contributed by atoms with Crippen LogP contribution in [-0.2, 0) is 19.6 Å². The van der Waals surface area contributed by atoms with E-state index in [9.17, 15) is 18.0 Å². The second-order valence-corrected chi connectivity index (χ2v) is 9.96. The van der Waals surface area contributed by atoms with Gasteiger partial charge in [0.2, 0.25) is 21.8 Å². The number of hydrogen-bond acceptors (Lipinski definition) is 5. The van der Waals surface area contributed by atoms with E-state index in [1.54, 1.807) is 24.0 Å². The second kappa shape index (κ2) is 8.31. The molecule has 0 spiro atoms. The number of hydrogen-bond donors (Lipinski definition) is 0. The molecule has 0 bridgehead atoms. The van der Waals surface area contributed by atoms with Crippen LogP contribution in [0.2, 0.25) is 0 Å². The van der Waals surface area contributed by atoms with Crippen molar-refractivity contribution in [3.05, 3.63) is 23.8 Å². The minimum atomic E-state index is -3.24. The molecule has 2 amide bonds. The average Bonchev–Trinajstić information content (AvgIpc) is 3.07. The highest BCUT2D eigenvalue weighted by atomic mass is 32.2. The predicted octanol–water partition coefficient (Wildman–Crippen LogP) is 1.24. The van der Waals surface area contributed by atoms with E-state index in [-0.39, 0.29) is 24.3 Å². The number of aryl methyl sites for hydroxylation is 1. The Hall–Kier alpha value is -2.13. The van der Waals surface area contributed by atoms with E-state index in [0.29, 0.717) is 43.9 Å². The highest BCUT2D eigenvalue weighted by Gasteiger charge is 2.39. The molecule has 2 heterocycles. The second-order valence-electron chi connectivity index (χ2n) is 7.92. The molecule has 1 aromatic carbocycles. The van der Waals surface area contributed by atoms with Gasteiger partial charge in [0, 0.05) is 39.1 Å². The Morgan fingerprint density at radius 2 is 1.90 bits per heavy atom. The number of benzene rings is 1. The van der Waals surface area contributed by atoms with Gasteiger partial charge in [-0.05, 0) is 37.5 Å². The molecule has 0 aliphatic carbocycles. The van der Waals surface area contributed by atoms with Gasteiger partial charge in [-0.25, -0.2) is 12.7 Å². The Balaban J connectivity index is 1.65. The van der Waals surface area contributed by atoms with Crippen molar-refractivity contribution >= 4 is 27.5 Å². The quantitative estimate of drug-likeness (QED) is 0.711. The number of ether oxygens (including phenoxy) is 1. The Morgan fingerprint density at radius 3 is 2.48 bits per heavy atom. The highest BCUT2D eigenvalue weighted by Crippen LogP contribution is 2.34. The molecule has 1 atom stereocenters. The number of carbonyl (C=O) groups excluding carboxylic acids is 2. The summed E-state index contributed by atoms with van der Waals surface area (Å²) in [7, 11) is -0.0965. The van der Waals surface area contributed by atoms with Gasteiger partial charge in [0.25, 0.3) is 0 Å². The maximum atomic E-state index is 13.0. The van der Waals surface area contributed by atoms with E-state index in [1.165, 1.54) is 10.6 Å². The molecule has 0 radical (unpaired) electrons. The van der Waals surface area contributed by atoms with Gasteiger partial charge in [0.15, 0.2) is 0 Å². The van der Waals surface area contributed by atoms with Crippen molar-refractivity contribution in [2.45, 2.75) is 32.2 Å². The molecule has 0 unspecified atom stereocenters. The Morgan fingerprint density at radius 1 is 1.24 bits per heavy atom. The molecule has 2 aliphatic heterocycles. The lowest BCUT2D eigenvalue weighted by Crippen LogP contribution is -2.48. The average molecular weight is 424 g/mol. The van der Waals surface area contributed by atoms with E-state index in [2.05, 4.69) is 0 Å². The molecule has 29 heavy (non-hydrogen) atoms. The number of nitrogens with zero attached hydrogens (tertiary/aromatic N) is 3. The molecule has 0 aromatic heterocycles. The van der Waals surface area contributed by atoms with E-state index in [4.69, 9.17) is 4.74 Å². The van der Waals surface area contributed by atoms with Crippen LogP contribution in [0.5, 0.6) is 5.75 Å². The predicted molar refractivity (Wildman–Crippen MR) is 110 cm³/mol. The lowest BCUT2D eigenvalue weighted by Gasteiger charge is -2.36. The van der Waals surface area contributed by atoms with Crippen LogP contribution < -0.4 is 9.64 Å². The van der Waals surface area contributed by atoms with E-state index in [1.807, 2.05) is 25.1 Å². The van der Waals surface area contributed by atoms with Crippen molar-refractivity contribution in [2.24, 2.45) is 5.92 Å². The van der Waals surface area contributed by atoms with E-state index < -0.39 is 15.9 Å². The first-order valence-corrected chi connectivity index (χ1v) is 11.6. The van der Waals surface area contributed by atoms with Gasteiger partial charge < -0.3 is 14.5 Å². The normalized spacial score (nSPS) is 21.1. The standard InChI is InChI=1S/C20H29N3O5S/c1-14-5-6-18(28-3)17(11-14)23-13-15(12-19(23)24)20(25)22-9-7-16(8-10-22)21(2)29(4,26)27/h5-6,11,15-16H,7-10,12-13H2,1-4H3/t15-/m0/s1. The van der Waals surface area contributed by atoms with Crippen molar-refractivity contribution in [1.29, 1.82) is 0 Å². The molecule has 2 fully saturated rings. The zero-order valence-electron chi connectivity index (χ0n) is 17.4.